The van der Waals surface area contributed by atoms with Crippen molar-refractivity contribution in [1.82, 2.24) is 4.98 Å². The number of methoxy groups -OCH3 is 1. The first-order valence-corrected chi connectivity index (χ1v) is 9.40. The molecule has 0 radical (unpaired) electrons. The molecule has 3 aromatic rings. The summed E-state index contributed by atoms with van der Waals surface area (Å²) in [5.41, 5.74) is 3.32. The van der Waals surface area contributed by atoms with E-state index < -0.39 is 0 Å². The fraction of sp³-hybridized carbons (Fsp3) is 0.174. The maximum atomic E-state index is 13.2. The number of anilines is 2. The summed E-state index contributed by atoms with van der Waals surface area (Å²) in [6, 6.07) is 18.1. The molecular weight excluding hydrogens is 366 g/mol. The maximum absolute atomic E-state index is 13.2. The van der Waals surface area contributed by atoms with Gasteiger partial charge in [-0.2, -0.15) is 0 Å². The Balaban J connectivity index is 1.55. The number of para-hydroxylation sites is 1. The second-order valence-corrected chi connectivity index (χ2v) is 6.97. The lowest BCUT2D eigenvalue weighted by atomic mass is 10.1. The molecule has 146 valence electrons. The van der Waals surface area contributed by atoms with E-state index in [4.69, 9.17) is 4.74 Å². The van der Waals surface area contributed by atoms with Crippen molar-refractivity contribution >= 4 is 23.2 Å². The van der Waals surface area contributed by atoms with E-state index in [1.807, 2.05) is 31.2 Å². The summed E-state index contributed by atoms with van der Waals surface area (Å²) in [7, 11) is 1.58. The average molecular weight is 387 g/mol. The Bertz CT molecular complexity index is 1060. The van der Waals surface area contributed by atoms with E-state index in [2.05, 4.69) is 10.3 Å². The minimum Gasteiger partial charge on any atom is -0.497 e. The maximum Gasteiger partial charge on any atom is 0.274 e. The number of benzene rings is 2. The van der Waals surface area contributed by atoms with Crippen LogP contribution in [-0.2, 0) is 6.42 Å². The lowest BCUT2D eigenvalue weighted by Crippen LogP contribution is -2.35. The smallest absolute Gasteiger partial charge is 0.274 e. The molecule has 0 fully saturated rings. The van der Waals surface area contributed by atoms with Gasteiger partial charge in [-0.15, -0.1) is 0 Å². The molecule has 4 rings (SSSR count). The number of hydrogen-bond acceptors (Lipinski definition) is 4. The number of aromatic nitrogens is 1. The van der Waals surface area contributed by atoms with E-state index in [0.717, 1.165) is 17.7 Å². The van der Waals surface area contributed by atoms with Crippen LogP contribution in [0.4, 0.5) is 11.4 Å². The summed E-state index contributed by atoms with van der Waals surface area (Å²) >= 11 is 0. The Morgan fingerprint density at radius 1 is 1.10 bits per heavy atom. The summed E-state index contributed by atoms with van der Waals surface area (Å²) in [6.07, 6.45) is 2.31. The Hall–Kier alpha value is -3.67. The lowest BCUT2D eigenvalue weighted by Gasteiger charge is -2.23. The van der Waals surface area contributed by atoms with Gasteiger partial charge in [0.25, 0.3) is 11.8 Å². The van der Waals surface area contributed by atoms with Crippen molar-refractivity contribution in [1.29, 1.82) is 0 Å². The molecule has 0 saturated carbocycles. The van der Waals surface area contributed by atoms with Crippen LogP contribution in [0.15, 0.2) is 66.9 Å². The summed E-state index contributed by atoms with van der Waals surface area (Å²) in [5, 5.41) is 2.79. The van der Waals surface area contributed by atoms with Crippen LogP contribution in [-0.4, -0.2) is 29.9 Å². The van der Waals surface area contributed by atoms with Gasteiger partial charge in [0, 0.05) is 29.2 Å². The van der Waals surface area contributed by atoms with Crippen LogP contribution in [0, 0.1) is 0 Å². The van der Waals surface area contributed by atoms with Gasteiger partial charge in [-0.1, -0.05) is 18.2 Å². The van der Waals surface area contributed by atoms with Crippen molar-refractivity contribution in [3.63, 3.8) is 0 Å². The molecule has 6 nitrogen and oxygen atoms in total. The summed E-state index contributed by atoms with van der Waals surface area (Å²) in [4.78, 5) is 31.7. The normalized spacial score (nSPS) is 15.0. The Morgan fingerprint density at radius 2 is 1.86 bits per heavy atom. The summed E-state index contributed by atoms with van der Waals surface area (Å²) in [5.74, 6) is 0.191. The zero-order valence-electron chi connectivity index (χ0n) is 16.3. The number of ether oxygens (including phenoxy) is 1. The standard InChI is InChI=1S/C23H21N3O3/c1-15-13-16-5-3-4-6-21(16)26(15)23(28)17-11-12-24-20(14-17)22(27)25-18-7-9-19(29-2)10-8-18/h3-12,14-15H,13H2,1-2H3,(H,25,27). The SMILES string of the molecule is COc1ccc(NC(=O)c2cc(C(=O)N3c4ccccc4CC3C)ccn2)cc1. The van der Waals surface area contributed by atoms with Crippen LogP contribution < -0.4 is 15.0 Å². The average Bonchev–Trinajstić information content (AvgIpc) is 3.09. The first kappa shape index (κ1) is 18.7. The number of nitrogens with one attached hydrogen (secondary N) is 1. The second kappa shape index (κ2) is 7.75. The third-order valence-electron chi connectivity index (χ3n) is 5.01. The fourth-order valence-corrected chi connectivity index (χ4v) is 3.57. The predicted octanol–water partition coefficient (Wildman–Crippen LogP) is 3.93. The van der Waals surface area contributed by atoms with Crippen molar-refractivity contribution < 1.29 is 14.3 Å². The predicted molar refractivity (Wildman–Crippen MR) is 112 cm³/mol. The van der Waals surface area contributed by atoms with Crippen molar-refractivity contribution in [3.8, 4) is 5.75 Å². The van der Waals surface area contributed by atoms with E-state index in [-0.39, 0.29) is 23.6 Å². The number of carbonyl (C=O) groups excluding carboxylic acids is 2. The zero-order chi connectivity index (χ0) is 20.4. The number of fused-ring (bicyclic) bond motifs is 1. The van der Waals surface area contributed by atoms with E-state index in [9.17, 15) is 9.59 Å². The third kappa shape index (κ3) is 3.69. The fourth-order valence-electron chi connectivity index (χ4n) is 3.57. The molecule has 6 heteroatoms. The Morgan fingerprint density at radius 3 is 2.62 bits per heavy atom. The minimum atomic E-state index is -0.375. The molecule has 0 spiro atoms. The number of amides is 2. The number of nitrogens with zero attached hydrogens (tertiary/aromatic N) is 2. The highest BCUT2D eigenvalue weighted by atomic mass is 16.5. The first-order valence-electron chi connectivity index (χ1n) is 9.40. The first-order chi connectivity index (χ1) is 14.1. The number of pyridine rings is 1. The molecule has 1 N–H and O–H groups in total. The highest BCUT2D eigenvalue weighted by molar-refractivity contribution is 6.10. The van der Waals surface area contributed by atoms with Crippen LogP contribution in [0.3, 0.4) is 0 Å². The number of hydrogen-bond donors (Lipinski definition) is 1. The Labute approximate surface area is 169 Å². The molecule has 1 aromatic heterocycles. The van der Waals surface area contributed by atoms with Gasteiger partial charge in [-0.25, -0.2) is 0 Å². The minimum absolute atomic E-state index is 0.0599. The molecule has 1 unspecified atom stereocenters. The topological polar surface area (TPSA) is 71.5 Å². The van der Waals surface area contributed by atoms with Gasteiger partial charge in [0.15, 0.2) is 0 Å². The van der Waals surface area contributed by atoms with Gasteiger partial charge in [0.1, 0.15) is 11.4 Å². The van der Waals surface area contributed by atoms with E-state index >= 15 is 0 Å². The molecule has 0 aliphatic carbocycles. The highest BCUT2D eigenvalue weighted by Gasteiger charge is 2.31. The van der Waals surface area contributed by atoms with Gasteiger partial charge in [0.2, 0.25) is 0 Å². The largest absolute Gasteiger partial charge is 0.497 e. The Kier molecular flexibility index (Phi) is 4.99. The molecule has 1 aliphatic rings. The van der Waals surface area contributed by atoms with Crippen molar-refractivity contribution in [3.05, 3.63) is 83.7 Å². The lowest BCUT2D eigenvalue weighted by molar-refractivity contribution is 0.0981. The summed E-state index contributed by atoms with van der Waals surface area (Å²) in [6.45, 7) is 2.02. The van der Waals surface area contributed by atoms with Crippen molar-refractivity contribution in [2.45, 2.75) is 19.4 Å². The van der Waals surface area contributed by atoms with E-state index in [0.29, 0.717) is 17.0 Å². The third-order valence-corrected chi connectivity index (χ3v) is 5.01. The van der Waals surface area contributed by atoms with Crippen molar-refractivity contribution in [2.24, 2.45) is 0 Å². The highest BCUT2D eigenvalue weighted by Crippen LogP contribution is 2.33. The molecule has 2 amide bonds. The zero-order valence-corrected chi connectivity index (χ0v) is 16.3. The monoisotopic (exact) mass is 387 g/mol. The molecule has 2 aromatic carbocycles. The van der Waals surface area contributed by atoms with Crippen LogP contribution >= 0.6 is 0 Å². The number of carbonyl (C=O) groups is 2. The molecule has 0 saturated heterocycles. The quantitative estimate of drug-likeness (QED) is 0.736. The van der Waals surface area contributed by atoms with Crippen LogP contribution in [0.25, 0.3) is 0 Å². The van der Waals surface area contributed by atoms with Gasteiger partial charge in [0.05, 0.1) is 7.11 Å². The van der Waals surface area contributed by atoms with E-state index in [1.165, 1.54) is 12.3 Å². The van der Waals surface area contributed by atoms with Gasteiger partial charge < -0.3 is 15.0 Å². The molecule has 1 aliphatic heterocycles. The van der Waals surface area contributed by atoms with Crippen molar-refractivity contribution in [2.75, 3.05) is 17.3 Å². The molecule has 29 heavy (non-hydrogen) atoms. The summed E-state index contributed by atoms with van der Waals surface area (Å²) < 4.78 is 5.12. The van der Waals surface area contributed by atoms with Crippen LogP contribution in [0.2, 0.25) is 0 Å². The van der Waals surface area contributed by atoms with Crippen LogP contribution in [0.5, 0.6) is 5.75 Å². The second-order valence-electron chi connectivity index (χ2n) is 6.97. The number of rotatable bonds is 4. The molecule has 0 bridgehead atoms. The molecule has 2 heterocycles. The van der Waals surface area contributed by atoms with Gasteiger partial charge in [-0.05, 0) is 61.4 Å². The molecular formula is C23H21N3O3. The molecule has 1 atom stereocenters. The van der Waals surface area contributed by atoms with Crippen LogP contribution in [0.1, 0.15) is 33.3 Å². The van der Waals surface area contributed by atoms with Gasteiger partial charge in [-0.3, -0.25) is 14.6 Å². The van der Waals surface area contributed by atoms with E-state index in [1.54, 1.807) is 42.3 Å². The van der Waals surface area contributed by atoms with Gasteiger partial charge >= 0.3 is 0 Å².